The number of carboxylic acid groups (broad SMARTS) is 1. The van der Waals surface area contributed by atoms with Crippen LogP contribution in [-0.4, -0.2) is 57.2 Å². The summed E-state index contributed by atoms with van der Waals surface area (Å²) >= 11 is 0. The van der Waals surface area contributed by atoms with Gasteiger partial charge in [0.25, 0.3) is 0 Å². The summed E-state index contributed by atoms with van der Waals surface area (Å²) in [5.41, 5.74) is 1.68. The Bertz CT molecular complexity index is 1210. The summed E-state index contributed by atoms with van der Waals surface area (Å²) in [7, 11) is 1.65. The Hall–Kier alpha value is -3.75. The van der Waals surface area contributed by atoms with Crippen LogP contribution in [0.15, 0.2) is 42.5 Å². The normalized spacial score (nSPS) is 14.5. The number of likely N-dealkylation sites (tertiary alicyclic amines) is 1. The standard InChI is InChI=1S/C24H25FN4O4/c1-3-29(18-7-5-17(25)6-8-18)24(33)28-12-10-15(11-13-28)22(30)16-4-9-19-20(14-16)27(2)26-21(19)23(31)32/h4-9,14-15H,3,10-13H2,1-2H3,(H,31,32). The van der Waals surface area contributed by atoms with Gasteiger partial charge in [0.15, 0.2) is 11.5 Å². The molecule has 0 unspecified atom stereocenters. The number of amides is 2. The van der Waals surface area contributed by atoms with Crippen molar-refractivity contribution >= 4 is 34.4 Å². The molecule has 1 aliphatic heterocycles. The van der Waals surface area contributed by atoms with Gasteiger partial charge in [-0.3, -0.25) is 14.4 Å². The zero-order chi connectivity index (χ0) is 23.7. The van der Waals surface area contributed by atoms with E-state index in [0.717, 1.165) is 0 Å². The smallest absolute Gasteiger partial charge is 0.357 e. The molecular weight excluding hydrogens is 427 g/mol. The van der Waals surface area contributed by atoms with Crippen molar-refractivity contribution in [2.75, 3.05) is 24.5 Å². The van der Waals surface area contributed by atoms with Gasteiger partial charge in [0.05, 0.1) is 5.52 Å². The number of Topliss-reactive ketones (excluding diaryl/α,β-unsaturated/α-hetero) is 1. The number of fused-ring (bicyclic) bond motifs is 1. The highest BCUT2D eigenvalue weighted by atomic mass is 19.1. The van der Waals surface area contributed by atoms with Crippen molar-refractivity contribution in [3.63, 3.8) is 0 Å². The molecule has 0 atom stereocenters. The minimum absolute atomic E-state index is 0.0204. The Kier molecular flexibility index (Phi) is 6.13. The number of hydrogen-bond donors (Lipinski definition) is 1. The lowest BCUT2D eigenvalue weighted by atomic mass is 9.88. The van der Waals surface area contributed by atoms with Crippen molar-refractivity contribution in [1.82, 2.24) is 14.7 Å². The second kappa shape index (κ2) is 9.01. The van der Waals surface area contributed by atoms with Gasteiger partial charge in [-0.05, 0) is 56.2 Å². The zero-order valence-electron chi connectivity index (χ0n) is 18.5. The Morgan fingerprint density at radius 2 is 1.79 bits per heavy atom. The highest BCUT2D eigenvalue weighted by Gasteiger charge is 2.30. The number of carbonyl (C=O) groups is 3. The first-order valence-corrected chi connectivity index (χ1v) is 10.9. The first-order valence-electron chi connectivity index (χ1n) is 10.9. The molecule has 1 fully saturated rings. The van der Waals surface area contributed by atoms with Crippen LogP contribution in [0.2, 0.25) is 0 Å². The van der Waals surface area contributed by atoms with Crippen LogP contribution in [0.25, 0.3) is 10.9 Å². The van der Waals surface area contributed by atoms with Gasteiger partial charge >= 0.3 is 12.0 Å². The third-order valence-electron chi connectivity index (χ3n) is 6.16. The SMILES string of the molecule is CCN(C(=O)N1CCC(C(=O)c2ccc3c(C(=O)O)nn(C)c3c2)CC1)c1ccc(F)cc1. The molecule has 4 rings (SSSR count). The lowest BCUT2D eigenvalue weighted by molar-refractivity contribution is 0.0691. The Morgan fingerprint density at radius 1 is 1.12 bits per heavy atom. The van der Waals surface area contributed by atoms with E-state index < -0.39 is 5.97 Å². The molecule has 0 spiro atoms. The summed E-state index contributed by atoms with van der Waals surface area (Å²) in [5.74, 6) is -1.71. The van der Waals surface area contributed by atoms with E-state index in [-0.39, 0.29) is 29.2 Å². The number of hydrogen-bond acceptors (Lipinski definition) is 4. The first-order chi connectivity index (χ1) is 15.8. The lowest BCUT2D eigenvalue weighted by Gasteiger charge is -2.35. The number of rotatable bonds is 5. The minimum Gasteiger partial charge on any atom is -0.476 e. The van der Waals surface area contributed by atoms with E-state index in [9.17, 15) is 23.9 Å². The monoisotopic (exact) mass is 452 g/mol. The average Bonchev–Trinajstić information content (AvgIpc) is 3.16. The van der Waals surface area contributed by atoms with Gasteiger partial charge in [0, 0.05) is 49.2 Å². The van der Waals surface area contributed by atoms with Crippen molar-refractivity contribution < 1.29 is 23.9 Å². The largest absolute Gasteiger partial charge is 0.476 e. The fourth-order valence-electron chi connectivity index (χ4n) is 4.36. The number of carboxylic acids is 1. The van der Waals surface area contributed by atoms with Crippen LogP contribution in [0.3, 0.4) is 0 Å². The van der Waals surface area contributed by atoms with Crippen LogP contribution in [0, 0.1) is 11.7 Å². The molecule has 2 amide bonds. The molecule has 2 aromatic carbocycles. The van der Waals surface area contributed by atoms with E-state index in [1.165, 1.54) is 16.8 Å². The number of ketones is 1. The molecule has 2 heterocycles. The summed E-state index contributed by atoms with van der Waals surface area (Å²) in [6.07, 6.45) is 1.07. The van der Waals surface area contributed by atoms with Gasteiger partial charge in [-0.1, -0.05) is 6.07 Å². The molecule has 0 radical (unpaired) electrons. The van der Waals surface area contributed by atoms with Crippen molar-refractivity contribution in [3.8, 4) is 0 Å². The molecule has 1 saturated heterocycles. The van der Waals surface area contributed by atoms with Crippen molar-refractivity contribution in [2.45, 2.75) is 19.8 Å². The van der Waals surface area contributed by atoms with Gasteiger partial charge in [-0.2, -0.15) is 5.10 Å². The van der Waals surface area contributed by atoms with E-state index >= 15 is 0 Å². The van der Waals surface area contributed by atoms with Gasteiger partial charge in [0.2, 0.25) is 0 Å². The highest BCUT2D eigenvalue weighted by Crippen LogP contribution is 2.27. The number of anilines is 1. The molecule has 3 aromatic rings. The number of halogens is 1. The second-order valence-corrected chi connectivity index (χ2v) is 8.14. The summed E-state index contributed by atoms with van der Waals surface area (Å²) in [6.45, 7) is 3.21. The first kappa shape index (κ1) is 22.4. The molecule has 1 aromatic heterocycles. The average molecular weight is 452 g/mol. The molecule has 1 aliphatic rings. The van der Waals surface area contributed by atoms with Crippen molar-refractivity contribution in [2.24, 2.45) is 13.0 Å². The summed E-state index contributed by atoms with van der Waals surface area (Å²) < 4.78 is 14.7. The Balaban J connectivity index is 1.44. The molecule has 172 valence electrons. The maximum absolute atomic E-state index is 13.2. The molecule has 8 nitrogen and oxygen atoms in total. The number of aryl methyl sites for hydroxylation is 1. The lowest BCUT2D eigenvalue weighted by Crippen LogP contribution is -2.47. The number of benzene rings is 2. The molecule has 1 N–H and O–H groups in total. The third-order valence-corrected chi connectivity index (χ3v) is 6.16. The van der Waals surface area contributed by atoms with E-state index in [0.29, 0.717) is 54.6 Å². The van der Waals surface area contributed by atoms with E-state index in [1.54, 1.807) is 47.2 Å². The second-order valence-electron chi connectivity index (χ2n) is 8.14. The predicted molar refractivity (Wildman–Crippen MR) is 121 cm³/mol. The number of aromatic carboxylic acids is 1. The highest BCUT2D eigenvalue weighted by molar-refractivity contribution is 6.05. The van der Waals surface area contributed by atoms with Gasteiger partial charge in [0.1, 0.15) is 5.82 Å². The summed E-state index contributed by atoms with van der Waals surface area (Å²) in [5, 5.41) is 13.8. The fourth-order valence-corrected chi connectivity index (χ4v) is 4.36. The van der Waals surface area contributed by atoms with E-state index in [4.69, 9.17) is 0 Å². The van der Waals surface area contributed by atoms with Gasteiger partial charge in [-0.15, -0.1) is 0 Å². The van der Waals surface area contributed by atoms with E-state index in [2.05, 4.69) is 5.10 Å². The van der Waals surface area contributed by atoms with Crippen LogP contribution in [-0.2, 0) is 7.05 Å². The number of aromatic nitrogens is 2. The molecular formula is C24H25FN4O4. The number of piperidine rings is 1. The quantitative estimate of drug-likeness (QED) is 0.592. The number of urea groups is 1. The molecule has 33 heavy (non-hydrogen) atoms. The topological polar surface area (TPSA) is 95.7 Å². The molecule has 0 aliphatic carbocycles. The fraction of sp³-hybridized carbons (Fsp3) is 0.333. The van der Waals surface area contributed by atoms with Crippen LogP contribution >= 0.6 is 0 Å². The van der Waals surface area contributed by atoms with Crippen LogP contribution < -0.4 is 4.90 Å². The van der Waals surface area contributed by atoms with Crippen molar-refractivity contribution in [1.29, 1.82) is 0 Å². The Morgan fingerprint density at radius 3 is 2.39 bits per heavy atom. The molecule has 9 heteroatoms. The summed E-state index contributed by atoms with van der Waals surface area (Å²) in [6, 6.07) is 10.6. The van der Waals surface area contributed by atoms with E-state index in [1.807, 2.05) is 6.92 Å². The molecule has 0 bridgehead atoms. The minimum atomic E-state index is -1.11. The van der Waals surface area contributed by atoms with Crippen LogP contribution in [0.5, 0.6) is 0 Å². The van der Waals surface area contributed by atoms with Crippen LogP contribution in [0.4, 0.5) is 14.9 Å². The maximum atomic E-state index is 13.2. The van der Waals surface area contributed by atoms with Crippen LogP contribution in [0.1, 0.15) is 40.6 Å². The zero-order valence-corrected chi connectivity index (χ0v) is 18.5. The third kappa shape index (κ3) is 4.30. The number of nitrogens with zero attached hydrogens (tertiary/aromatic N) is 4. The maximum Gasteiger partial charge on any atom is 0.357 e. The molecule has 0 saturated carbocycles. The Labute approximate surface area is 190 Å². The number of carbonyl (C=O) groups excluding carboxylic acids is 2. The predicted octanol–water partition coefficient (Wildman–Crippen LogP) is 3.95. The summed E-state index contributed by atoms with van der Waals surface area (Å²) in [4.78, 5) is 40.8. The van der Waals surface area contributed by atoms with Crippen molar-refractivity contribution in [3.05, 3.63) is 59.5 Å². The van der Waals surface area contributed by atoms with Gasteiger partial charge in [-0.25, -0.2) is 14.0 Å². The van der Waals surface area contributed by atoms with Gasteiger partial charge < -0.3 is 10.0 Å².